The second kappa shape index (κ2) is 9.74. The van der Waals surface area contributed by atoms with Gasteiger partial charge in [-0.1, -0.05) is 141 Å². The first-order valence-corrected chi connectivity index (χ1v) is 15.7. The molecule has 0 fully saturated rings. The Labute approximate surface area is 263 Å². The molecule has 1 aliphatic rings. The number of hydrogen-bond donors (Lipinski definition) is 0. The Kier molecular flexibility index (Phi) is 5.61. The first-order valence-electron chi connectivity index (χ1n) is 15.7. The smallest absolute Gasteiger partial charge is 0.0722 e. The number of hydrogen-bond acceptors (Lipinski definition) is 1. The second-order valence-corrected chi connectivity index (χ2v) is 12.7. The van der Waals surface area contributed by atoms with Gasteiger partial charge in [0.1, 0.15) is 0 Å². The molecule has 1 aliphatic carbocycles. The van der Waals surface area contributed by atoms with Gasteiger partial charge >= 0.3 is 0 Å². The summed E-state index contributed by atoms with van der Waals surface area (Å²) in [6.07, 6.45) is 0. The average molecular weight is 574 g/mol. The van der Waals surface area contributed by atoms with Gasteiger partial charge in [-0.15, -0.1) is 0 Å². The van der Waals surface area contributed by atoms with E-state index in [4.69, 9.17) is 4.98 Å². The quantitative estimate of drug-likeness (QED) is 0.192. The van der Waals surface area contributed by atoms with E-state index in [0.717, 1.165) is 16.6 Å². The topological polar surface area (TPSA) is 12.9 Å². The summed E-state index contributed by atoms with van der Waals surface area (Å²) in [5.41, 5.74) is 13.6. The van der Waals surface area contributed by atoms with Crippen LogP contribution in [0.4, 0.5) is 0 Å². The van der Waals surface area contributed by atoms with E-state index in [-0.39, 0.29) is 5.41 Å². The zero-order chi connectivity index (χ0) is 30.1. The minimum Gasteiger partial charge on any atom is -0.248 e. The molecule has 1 heterocycles. The minimum absolute atomic E-state index is 0.0717. The highest BCUT2D eigenvalue weighted by Gasteiger charge is 2.35. The number of pyridine rings is 1. The third-order valence-electron chi connectivity index (χ3n) is 9.86. The van der Waals surface area contributed by atoms with Crippen LogP contribution in [0.3, 0.4) is 0 Å². The van der Waals surface area contributed by atoms with Gasteiger partial charge in [0, 0.05) is 16.4 Å². The van der Waals surface area contributed by atoms with Crippen molar-refractivity contribution >= 4 is 32.4 Å². The molecule has 1 aromatic heterocycles. The van der Waals surface area contributed by atoms with E-state index < -0.39 is 0 Å². The van der Waals surface area contributed by atoms with Gasteiger partial charge in [0.15, 0.2) is 0 Å². The normalized spacial score (nSPS) is 13.3. The molecular weight excluding hydrogens is 542 g/mol. The lowest BCUT2D eigenvalue weighted by atomic mass is 9.80. The molecule has 0 amide bonds. The van der Waals surface area contributed by atoms with E-state index in [2.05, 4.69) is 166 Å². The lowest BCUT2D eigenvalue weighted by molar-refractivity contribution is 0.660. The van der Waals surface area contributed by atoms with Crippen LogP contribution < -0.4 is 0 Å². The third-order valence-corrected chi connectivity index (χ3v) is 9.86. The summed E-state index contributed by atoms with van der Waals surface area (Å²) in [5.74, 6) is 0. The van der Waals surface area contributed by atoms with Crippen molar-refractivity contribution in [1.82, 2.24) is 4.98 Å². The van der Waals surface area contributed by atoms with Crippen molar-refractivity contribution in [3.8, 4) is 44.6 Å². The fourth-order valence-electron chi connectivity index (χ4n) is 7.64. The van der Waals surface area contributed by atoms with Crippen LogP contribution in [-0.4, -0.2) is 4.98 Å². The number of fused-ring (bicyclic) bond motifs is 6. The minimum atomic E-state index is -0.0717. The summed E-state index contributed by atoms with van der Waals surface area (Å²) in [6.45, 7) is 4.72. The first kappa shape index (κ1) is 25.9. The van der Waals surface area contributed by atoms with Crippen molar-refractivity contribution < 1.29 is 0 Å². The Hall–Kier alpha value is -5.53. The van der Waals surface area contributed by atoms with E-state index in [9.17, 15) is 0 Å². The van der Waals surface area contributed by atoms with Crippen LogP contribution in [-0.2, 0) is 5.41 Å². The monoisotopic (exact) mass is 573 g/mol. The zero-order valence-electron chi connectivity index (χ0n) is 25.4. The van der Waals surface area contributed by atoms with Crippen LogP contribution in [0.15, 0.2) is 152 Å². The third kappa shape index (κ3) is 3.90. The van der Waals surface area contributed by atoms with Crippen LogP contribution in [0, 0.1) is 0 Å². The number of aromatic nitrogens is 1. The molecule has 212 valence electrons. The van der Waals surface area contributed by atoms with Crippen molar-refractivity contribution in [3.63, 3.8) is 0 Å². The molecule has 8 aromatic rings. The number of nitrogens with zero attached hydrogens (tertiary/aromatic N) is 1. The van der Waals surface area contributed by atoms with Gasteiger partial charge in [-0.05, 0) is 90.3 Å². The van der Waals surface area contributed by atoms with E-state index >= 15 is 0 Å². The Morgan fingerprint density at radius 2 is 1.09 bits per heavy atom. The number of benzene rings is 7. The molecule has 0 unspecified atom stereocenters. The summed E-state index contributed by atoms with van der Waals surface area (Å²) in [4.78, 5) is 5.22. The summed E-state index contributed by atoms with van der Waals surface area (Å²) in [6, 6.07) is 55.3. The van der Waals surface area contributed by atoms with Crippen LogP contribution in [0.5, 0.6) is 0 Å². The highest BCUT2D eigenvalue weighted by atomic mass is 14.7. The fourth-order valence-corrected chi connectivity index (χ4v) is 7.64. The molecule has 0 spiro atoms. The Balaban J connectivity index is 1.38. The van der Waals surface area contributed by atoms with Crippen molar-refractivity contribution in [2.45, 2.75) is 19.3 Å². The molecular formula is C44H31N. The van der Waals surface area contributed by atoms with Crippen LogP contribution in [0.1, 0.15) is 25.0 Å². The van der Waals surface area contributed by atoms with Crippen molar-refractivity contribution in [1.29, 1.82) is 0 Å². The molecule has 0 saturated heterocycles. The molecule has 1 nitrogen and oxygen atoms in total. The van der Waals surface area contributed by atoms with Crippen molar-refractivity contribution in [2.24, 2.45) is 0 Å². The van der Waals surface area contributed by atoms with Crippen LogP contribution in [0.25, 0.3) is 77.1 Å². The van der Waals surface area contributed by atoms with Gasteiger partial charge in [0.25, 0.3) is 0 Å². The van der Waals surface area contributed by atoms with Gasteiger partial charge in [0.05, 0.1) is 11.2 Å². The molecule has 9 rings (SSSR count). The largest absolute Gasteiger partial charge is 0.248 e. The maximum absolute atomic E-state index is 5.22. The molecule has 0 bridgehead atoms. The predicted octanol–water partition coefficient (Wildman–Crippen LogP) is 11.8. The number of rotatable bonds is 3. The summed E-state index contributed by atoms with van der Waals surface area (Å²) < 4.78 is 0. The predicted molar refractivity (Wildman–Crippen MR) is 191 cm³/mol. The average Bonchev–Trinajstić information content (AvgIpc) is 3.32. The van der Waals surface area contributed by atoms with Gasteiger partial charge in [-0.2, -0.15) is 0 Å². The van der Waals surface area contributed by atoms with Gasteiger partial charge < -0.3 is 0 Å². The summed E-state index contributed by atoms with van der Waals surface area (Å²) in [7, 11) is 0. The molecule has 0 radical (unpaired) electrons. The Morgan fingerprint density at radius 3 is 1.96 bits per heavy atom. The van der Waals surface area contributed by atoms with Gasteiger partial charge in [-0.25, -0.2) is 4.98 Å². The lowest BCUT2D eigenvalue weighted by Crippen LogP contribution is -2.14. The fraction of sp³-hybridized carbons (Fsp3) is 0.0682. The van der Waals surface area contributed by atoms with E-state index in [1.165, 1.54) is 71.6 Å². The Bertz CT molecular complexity index is 2450. The first-order chi connectivity index (χ1) is 22.1. The summed E-state index contributed by atoms with van der Waals surface area (Å²) in [5, 5.41) is 6.08. The van der Waals surface area contributed by atoms with E-state index in [1.807, 2.05) is 0 Å². The molecule has 0 N–H and O–H groups in total. The SMILES string of the molecule is CC1(C)c2ccccc2-c2ccc(-c3c4ccccc4c(-c4ccc5ccccc5n4)c4ccc(-c5ccccc5)cc34)cc21. The zero-order valence-corrected chi connectivity index (χ0v) is 25.4. The van der Waals surface area contributed by atoms with Gasteiger partial charge in [-0.3, -0.25) is 0 Å². The van der Waals surface area contributed by atoms with Crippen molar-refractivity contribution in [2.75, 3.05) is 0 Å². The molecule has 7 aromatic carbocycles. The lowest BCUT2D eigenvalue weighted by Gasteiger charge is -2.23. The van der Waals surface area contributed by atoms with E-state index in [1.54, 1.807) is 0 Å². The molecule has 45 heavy (non-hydrogen) atoms. The standard InChI is InChI=1S/C44H31N/c1-44(2)38-18-10-9-15-32(38)33-23-21-31(27-39(33)44)42-34-16-7-8-17-35(34)43(41-25-22-29-14-6-11-19-40(29)45-41)36-24-20-30(26-37(36)42)28-12-4-3-5-13-28/h3-27H,1-2H3. The van der Waals surface area contributed by atoms with Crippen LogP contribution in [0.2, 0.25) is 0 Å². The highest BCUT2D eigenvalue weighted by molar-refractivity contribution is 6.22. The van der Waals surface area contributed by atoms with E-state index in [0.29, 0.717) is 0 Å². The maximum Gasteiger partial charge on any atom is 0.0722 e. The van der Waals surface area contributed by atoms with Crippen LogP contribution >= 0.6 is 0 Å². The maximum atomic E-state index is 5.22. The molecule has 0 saturated carbocycles. The molecule has 0 atom stereocenters. The molecule has 0 aliphatic heterocycles. The molecule has 1 heteroatoms. The van der Waals surface area contributed by atoms with Gasteiger partial charge in [0.2, 0.25) is 0 Å². The number of para-hydroxylation sites is 1. The second-order valence-electron chi connectivity index (χ2n) is 12.7. The van der Waals surface area contributed by atoms with Crippen molar-refractivity contribution in [3.05, 3.63) is 163 Å². The Morgan fingerprint density at radius 1 is 0.422 bits per heavy atom. The summed E-state index contributed by atoms with van der Waals surface area (Å²) >= 11 is 0. The highest BCUT2D eigenvalue weighted by Crippen LogP contribution is 2.51.